The largest absolute Gasteiger partial charge is 0.492 e. The van der Waals surface area contributed by atoms with E-state index in [1.54, 1.807) is 6.92 Å². The van der Waals surface area contributed by atoms with Crippen LogP contribution in [0.25, 0.3) is 0 Å². The van der Waals surface area contributed by atoms with Gasteiger partial charge in [0.2, 0.25) is 0 Å². The molecule has 3 rings (SSSR count). The topological polar surface area (TPSA) is 50.8 Å². The molecule has 0 atom stereocenters. The number of nitrogens with one attached hydrogen (secondary N) is 1. The fourth-order valence-corrected chi connectivity index (χ4v) is 3.36. The van der Waals surface area contributed by atoms with Gasteiger partial charge in [0.15, 0.2) is 11.5 Å². The van der Waals surface area contributed by atoms with Crippen LogP contribution in [0.4, 0.5) is 18.0 Å². The van der Waals surface area contributed by atoms with Crippen molar-refractivity contribution in [3.05, 3.63) is 24.3 Å². The van der Waals surface area contributed by atoms with Crippen LogP contribution in [0.2, 0.25) is 0 Å². The number of amides is 2. The molecule has 8 heteroatoms. The third kappa shape index (κ3) is 3.34. The minimum atomic E-state index is -4.94. The van der Waals surface area contributed by atoms with Crippen LogP contribution in [0.15, 0.2) is 24.3 Å². The summed E-state index contributed by atoms with van der Waals surface area (Å²) in [6.45, 7) is 2.07. The van der Waals surface area contributed by atoms with Gasteiger partial charge in [-0.25, -0.2) is 4.79 Å². The van der Waals surface area contributed by atoms with Gasteiger partial charge in [0.05, 0.1) is 0 Å². The van der Waals surface area contributed by atoms with Crippen LogP contribution >= 0.6 is 0 Å². The summed E-state index contributed by atoms with van der Waals surface area (Å²) in [6, 6.07) is 4.92. The van der Waals surface area contributed by atoms with Crippen molar-refractivity contribution in [2.24, 2.45) is 0 Å². The molecule has 25 heavy (non-hydrogen) atoms. The Morgan fingerprint density at radius 1 is 1.20 bits per heavy atom. The second kappa shape index (κ2) is 6.65. The van der Waals surface area contributed by atoms with Gasteiger partial charge in [-0.15, -0.1) is 0 Å². The Morgan fingerprint density at radius 2 is 1.76 bits per heavy atom. The van der Waals surface area contributed by atoms with Gasteiger partial charge in [0.1, 0.15) is 0 Å². The highest BCUT2D eigenvalue weighted by Gasteiger charge is 2.66. The van der Waals surface area contributed by atoms with Crippen LogP contribution in [0.5, 0.6) is 11.5 Å². The summed E-state index contributed by atoms with van der Waals surface area (Å²) in [5.41, 5.74) is 0. The SMILES string of the molecule is CCN(C(=O)NC1(C(F)(F)F)Oc2ccccc2O1)C1CCCCC1. The molecule has 1 saturated carbocycles. The summed E-state index contributed by atoms with van der Waals surface area (Å²) in [6.07, 6.45) is -0.323. The number of ether oxygens (including phenoxy) is 2. The van der Waals surface area contributed by atoms with E-state index in [4.69, 9.17) is 9.47 Å². The summed E-state index contributed by atoms with van der Waals surface area (Å²) in [7, 11) is 0. The van der Waals surface area contributed by atoms with E-state index in [0.717, 1.165) is 32.1 Å². The molecule has 138 valence electrons. The number of hydrogen-bond acceptors (Lipinski definition) is 3. The second-order valence-electron chi connectivity index (χ2n) is 6.27. The zero-order chi connectivity index (χ0) is 18.1. The molecule has 1 fully saturated rings. The van der Waals surface area contributed by atoms with Crippen LogP contribution in [-0.2, 0) is 0 Å². The number of rotatable bonds is 3. The highest BCUT2D eigenvalue weighted by atomic mass is 19.4. The zero-order valence-electron chi connectivity index (χ0n) is 13.9. The molecule has 1 heterocycles. The van der Waals surface area contributed by atoms with Gasteiger partial charge >= 0.3 is 18.1 Å². The summed E-state index contributed by atoms with van der Waals surface area (Å²) < 4.78 is 51.0. The number of fused-ring (bicyclic) bond motifs is 1. The molecule has 0 bridgehead atoms. The Labute approximate surface area is 144 Å². The first-order valence-corrected chi connectivity index (χ1v) is 8.49. The Morgan fingerprint density at radius 3 is 2.24 bits per heavy atom. The van der Waals surface area contributed by atoms with Crippen LogP contribution in [0, 0.1) is 0 Å². The van der Waals surface area contributed by atoms with Crippen molar-refractivity contribution in [3.8, 4) is 11.5 Å². The molecule has 0 spiro atoms. The lowest BCUT2D eigenvalue weighted by Crippen LogP contribution is -2.67. The molecule has 1 aliphatic heterocycles. The zero-order valence-corrected chi connectivity index (χ0v) is 13.9. The molecular weight excluding hydrogens is 337 g/mol. The first-order valence-electron chi connectivity index (χ1n) is 8.49. The minimum absolute atomic E-state index is 0.0548. The van der Waals surface area contributed by atoms with Crippen molar-refractivity contribution in [2.75, 3.05) is 6.54 Å². The van der Waals surface area contributed by atoms with Gasteiger partial charge in [-0.2, -0.15) is 13.2 Å². The number of carbonyl (C=O) groups is 1. The quantitative estimate of drug-likeness (QED) is 0.887. The van der Waals surface area contributed by atoms with Gasteiger partial charge in [-0.1, -0.05) is 31.4 Å². The molecule has 1 aromatic carbocycles. The highest BCUT2D eigenvalue weighted by molar-refractivity contribution is 5.75. The minimum Gasteiger partial charge on any atom is -0.424 e. The molecule has 5 nitrogen and oxygen atoms in total. The predicted octanol–water partition coefficient (Wildman–Crippen LogP) is 4.04. The van der Waals surface area contributed by atoms with Crippen LogP contribution < -0.4 is 14.8 Å². The average molecular weight is 358 g/mol. The molecule has 2 aliphatic rings. The molecule has 0 unspecified atom stereocenters. The van der Waals surface area contributed by atoms with Gasteiger partial charge in [0.25, 0.3) is 0 Å². The number of halogens is 3. The molecule has 1 aliphatic carbocycles. The van der Waals surface area contributed by atoms with E-state index in [9.17, 15) is 18.0 Å². The van der Waals surface area contributed by atoms with E-state index in [1.165, 1.54) is 29.2 Å². The molecule has 0 radical (unpaired) electrons. The van der Waals surface area contributed by atoms with Crippen molar-refractivity contribution in [1.29, 1.82) is 0 Å². The lowest BCUT2D eigenvalue weighted by molar-refractivity contribution is -0.318. The third-order valence-corrected chi connectivity index (χ3v) is 4.62. The monoisotopic (exact) mass is 358 g/mol. The van der Waals surface area contributed by atoms with Crippen molar-refractivity contribution in [3.63, 3.8) is 0 Å². The van der Waals surface area contributed by atoms with Crippen molar-refractivity contribution in [1.82, 2.24) is 10.2 Å². The first-order chi connectivity index (χ1) is 11.9. The van der Waals surface area contributed by atoms with Gasteiger partial charge < -0.3 is 14.4 Å². The van der Waals surface area contributed by atoms with Crippen molar-refractivity contribution >= 4 is 6.03 Å². The molecule has 0 saturated heterocycles. The Balaban J connectivity index is 1.80. The number of hydrogen-bond donors (Lipinski definition) is 1. The smallest absolute Gasteiger partial charge is 0.424 e. The fourth-order valence-electron chi connectivity index (χ4n) is 3.36. The maximum absolute atomic E-state index is 13.7. The average Bonchev–Trinajstić information content (AvgIpc) is 2.95. The van der Waals surface area contributed by atoms with Gasteiger partial charge in [-0.05, 0) is 31.9 Å². The van der Waals surface area contributed by atoms with Crippen molar-refractivity contribution < 1.29 is 27.4 Å². The number of nitrogens with zero attached hydrogens (tertiary/aromatic N) is 1. The fraction of sp³-hybridized carbons (Fsp3) is 0.588. The van der Waals surface area contributed by atoms with Gasteiger partial charge in [0, 0.05) is 12.6 Å². The second-order valence-corrected chi connectivity index (χ2v) is 6.27. The normalized spacial score (nSPS) is 19.5. The van der Waals surface area contributed by atoms with Gasteiger partial charge in [-0.3, -0.25) is 5.32 Å². The number of para-hydroxylation sites is 2. The van der Waals surface area contributed by atoms with Crippen LogP contribution in [0.1, 0.15) is 39.0 Å². The lowest BCUT2D eigenvalue weighted by atomic mass is 9.94. The van der Waals surface area contributed by atoms with E-state index in [1.807, 2.05) is 5.32 Å². The Bertz CT molecular complexity index is 605. The molecule has 1 aromatic rings. The molecular formula is C17H21F3N2O3. The number of benzene rings is 1. The first kappa shape index (κ1) is 17.7. The Hall–Kier alpha value is -2.12. The van der Waals surface area contributed by atoms with E-state index < -0.39 is 18.1 Å². The highest BCUT2D eigenvalue weighted by Crippen LogP contribution is 2.45. The van der Waals surface area contributed by atoms with E-state index in [0.29, 0.717) is 6.54 Å². The van der Waals surface area contributed by atoms with Crippen LogP contribution in [0.3, 0.4) is 0 Å². The summed E-state index contributed by atoms with van der Waals surface area (Å²) >= 11 is 0. The molecule has 2 amide bonds. The molecule has 1 N–H and O–H groups in total. The number of alkyl halides is 3. The maximum Gasteiger partial charge on any atom is 0.492 e. The summed E-state index contributed by atoms with van der Waals surface area (Å²) in [5.74, 6) is -3.31. The van der Waals surface area contributed by atoms with E-state index >= 15 is 0 Å². The standard InChI is InChI=1S/C17H21F3N2O3/c1-2-22(12-8-4-3-5-9-12)15(23)21-17(16(18,19)20)24-13-10-6-7-11-14(13)25-17/h6-7,10-12H,2-5,8-9H2,1H3,(H,21,23). The van der Waals surface area contributed by atoms with E-state index in [2.05, 4.69) is 0 Å². The van der Waals surface area contributed by atoms with E-state index in [-0.39, 0.29) is 17.5 Å². The molecule has 0 aromatic heterocycles. The maximum atomic E-state index is 13.7. The lowest BCUT2D eigenvalue weighted by Gasteiger charge is -2.37. The summed E-state index contributed by atoms with van der Waals surface area (Å²) in [5, 5.41) is 1.95. The summed E-state index contributed by atoms with van der Waals surface area (Å²) in [4.78, 5) is 14.0. The number of urea groups is 1. The Kier molecular flexibility index (Phi) is 4.71. The third-order valence-electron chi connectivity index (χ3n) is 4.62. The predicted molar refractivity (Wildman–Crippen MR) is 84.3 cm³/mol. The number of carbonyl (C=O) groups excluding carboxylic acids is 1. The van der Waals surface area contributed by atoms with Crippen molar-refractivity contribution in [2.45, 2.75) is 57.2 Å². The van der Waals surface area contributed by atoms with Crippen LogP contribution in [-0.4, -0.2) is 35.6 Å².